The van der Waals surface area contributed by atoms with E-state index in [1.54, 1.807) is 0 Å². The van der Waals surface area contributed by atoms with Gasteiger partial charge in [-0.1, -0.05) is 98.5 Å². The van der Waals surface area contributed by atoms with Crippen LogP contribution in [0.3, 0.4) is 0 Å². The van der Waals surface area contributed by atoms with Gasteiger partial charge in [0.05, 0.1) is 5.41 Å². The number of carbonyl (C=O) groups excluding carboxylic acids is 2. The minimum atomic E-state index is -0.696. The quantitative estimate of drug-likeness (QED) is 0.361. The summed E-state index contributed by atoms with van der Waals surface area (Å²) >= 11 is 0. The average Bonchev–Trinajstić information content (AvgIpc) is 3.59. The minimum absolute atomic E-state index is 0.0431. The summed E-state index contributed by atoms with van der Waals surface area (Å²) < 4.78 is 0. The molecule has 2 aromatic rings. The molecule has 0 spiro atoms. The van der Waals surface area contributed by atoms with Crippen molar-refractivity contribution in [3.05, 3.63) is 83.9 Å². The van der Waals surface area contributed by atoms with Crippen LogP contribution >= 0.6 is 0 Å². The molecule has 36 heavy (non-hydrogen) atoms. The third kappa shape index (κ3) is 5.74. The summed E-state index contributed by atoms with van der Waals surface area (Å²) in [5.74, 6) is -0.305. The topological polar surface area (TPSA) is 86.2 Å². The van der Waals surface area contributed by atoms with Crippen molar-refractivity contribution < 1.29 is 9.59 Å². The number of amides is 2. The Kier molecular flexibility index (Phi) is 8.66. The first-order chi connectivity index (χ1) is 17.4. The molecule has 0 radical (unpaired) electrons. The van der Waals surface area contributed by atoms with Gasteiger partial charge in [0.1, 0.15) is 0 Å². The molecule has 2 aliphatic carbocycles. The van der Waals surface area contributed by atoms with Crippen molar-refractivity contribution in [2.24, 2.45) is 40.6 Å². The number of primary amides is 2. The first-order valence-electron chi connectivity index (χ1n) is 13.8. The molecule has 2 fully saturated rings. The van der Waals surface area contributed by atoms with E-state index in [0.717, 1.165) is 55.2 Å². The molecule has 2 aromatic carbocycles. The molecule has 4 rings (SSSR count). The van der Waals surface area contributed by atoms with Gasteiger partial charge in [0.15, 0.2) is 0 Å². The smallest absolute Gasteiger partial charge is 0.224 e. The van der Waals surface area contributed by atoms with Crippen LogP contribution in [0.1, 0.15) is 68.9 Å². The molecule has 2 aliphatic rings. The highest BCUT2D eigenvalue weighted by Gasteiger charge is 2.54. The van der Waals surface area contributed by atoms with Gasteiger partial charge in [-0.15, -0.1) is 0 Å². The average molecular weight is 487 g/mol. The summed E-state index contributed by atoms with van der Waals surface area (Å²) in [6, 6.07) is 20.3. The maximum atomic E-state index is 13.7. The summed E-state index contributed by atoms with van der Waals surface area (Å²) in [4.78, 5) is 26.3. The first-order valence-corrected chi connectivity index (χ1v) is 13.8. The fourth-order valence-electron chi connectivity index (χ4n) is 7.35. The Morgan fingerprint density at radius 3 is 1.89 bits per heavy atom. The molecule has 192 valence electrons. The van der Waals surface area contributed by atoms with Crippen LogP contribution in [-0.2, 0) is 22.4 Å². The molecule has 0 aromatic heterocycles. The molecule has 0 bridgehead atoms. The Labute approximate surface area is 216 Å². The van der Waals surface area contributed by atoms with Crippen LogP contribution < -0.4 is 11.5 Å². The van der Waals surface area contributed by atoms with Gasteiger partial charge in [0.2, 0.25) is 11.8 Å². The first kappa shape index (κ1) is 26.2. The van der Waals surface area contributed by atoms with Crippen molar-refractivity contribution in [2.75, 3.05) is 0 Å². The molecule has 2 saturated carbocycles. The molecule has 0 heterocycles. The summed E-state index contributed by atoms with van der Waals surface area (Å²) in [6.45, 7) is 4.61. The zero-order valence-corrected chi connectivity index (χ0v) is 21.5. The molecular formula is C32H42N2O2. The Hall–Kier alpha value is -2.88. The lowest BCUT2D eigenvalue weighted by molar-refractivity contribution is -0.136. The van der Waals surface area contributed by atoms with Gasteiger partial charge in [0, 0.05) is 5.92 Å². The molecule has 4 nitrogen and oxygen atoms in total. The van der Waals surface area contributed by atoms with E-state index in [4.69, 9.17) is 11.5 Å². The summed E-state index contributed by atoms with van der Waals surface area (Å²) in [5.41, 5.74) is 14.9. The van der Waals surface area contributed by atoms with E-state index in [0.29, 0.717) is 25.2 Å². The van der Waals surface area contributed by atoms with Crippen LogP contribution in [0, 0.1) is 29.1 Å². The van der Waals surface area contributed by atoms with E-state index in [1.807, 2.05) is 48.5 Å². The number of hydrogen-bond donors (Lipinski definition) is 2. The van der Waals surface area contributed by atoms with Gasteiger partial charge in [0.25, 0.3) is 0 Å². The number of carbonyl (C=O) groups is 2. The number of hydrogen-bond acceptors (Lipinski definition) is 2. The van der Waals surface area contributed by atoms with Crippen LogP contribution in [0.15, 0.2) is 72.8 Å². The lowest BCUT2D eigenvalue weighted by atomic mass is 9.55. The largest absolute Gasteiger partial charge is 0.369 e. The zero-order valence-electron chi connectivity index (χ0n) is 21.5. The highest BCUT2D eigenvalue weighted by molar-refractivity contribution is 5.83. The molecule has 0 saturated heterocycles. The monoisotopic (exact) mass is 486 g/mol. The molecule has 3 unspecified atom stereocenters. The Morgan fingerprint density at radius 1 is 0.833 bits per heavy atom. The van der Waals surface area contributed by atoms with E-state index in [-0.39, 0.29) is 29.6 Å². The standard InChI is InChI=1S/C32H42N2O2/c1-23(20-27(30(33)35)21-24-12-4-2-5-13-24)29(26-16-8-9-17-26)32(31(34)36,28-18-10-11-19-28)22-25-14-6-3-7-15-25/h2-7,12-15,26-29H,1,8-11,16-22H2,(H2,33,35)(H2,34,36). The molecule has 4 N–H and O–H groups in total. The third-order valence-electron chi connectivity index (χ3n) is 8.98. The van der Waals surface area contributed by atoms with Crippen molar-refractivity contribution in [2.45, 2.75) is 70.6 Å². The van der Waals surface area contributed by atoms with Crippen LogP contribution in [0.25, 0.3) is 0 Å². The van der Waals surface area contributed by atoms with Crippen molar-refractivity contribution in [3.63, 3.8) is 0 Å². The predicted octanol–water partition coefficient (Wildman–Crippen LogP) is 5.99. The maximum absolute atomic E-state index is 13.7. The van der Waals surface area contributed by atoms with Crippen molar-refractivity contribution in [1.29, 1.82) is 0 Å². The molecule has 4 heteroatoms. The number of nitrogens with two attached hydrogens (primary N) is 2. The van der Waals surface area contributed by atoms with Gasteiger partial charge in [-0.2, -0.15) is 0 Å². The van der Waals surface area contributed by atoms with Gasteiger partial charge < -0.3 is 11.5 Å². The number of benzene rings is 2. The van der Waals surface area contributed by atoms with Crippen molar-refractivity contribution >= 4 is 11.8 Å². The lowest BCUT2D eigenvalue weighted by Crippen LogP contribution is -2.52. The highest BCUT2D eigenvalue weighted by atomic mass is 16.1. The van der Waals surface area contributed by atoms with E-state index in [9.17, 15) is 9.59 Å². The SMILES string of the molecule is C=C(CC(Cc1ccccc1)C(N)=O)C(C1CCCC1)C(Cc1ccccc1)(C(N)=O)C1CCCC1. The second-order valence-corrected chi connectivity index (χ2v) is 11.2. The van der Waals surface area contributed by atoms with Gasteiger partial charge >= 0.3 is 0 Å². The summed E-state index contributed by atoms with van der Waals surface area (Å²) in [5, 5.41) is 0. The number of allylic oxidation sites excluding steroid dienone is 1. The van der Waals surface area contributed by atoms with Crippen molar-refractivity contribution in [3.8, 4) is 0 Å². The molecule has 0 aliphatic heterocycles. The summed E-state index contributed by atoms with van der Waals surface area (Å²) in [7, 11) is 0. The van der Waals surface area contributed by atoms with Gasteiger partial charge in [-0.25, -0.2) is 0 Å². The van der Waals surface area contributed by atoms with Crippen LogP contribution in [-0.4, -0.2) is 11.8 Å². The molecular weight excluding hydrogens is 444 g/mol. The van der Waals surface area contributed by atoms with E-state index < -0.39 is 5.41 Å². The normalized spacial score (nSPS) is 20.0. The Bertz CT molecular complexity index is 1020. The molecule has 2 amide bonds. The van der Waals surface area contributed by atoms with Crippen molar-refractivity contribution in [1.82, 2.24) is 0 Å². The third-order valence-corrected chi connectivity index (χ3v) is 8.98. The van der Waals surface area contributed by atoms with Crippen LogP contribution in [0.4, 0.5) is 0 Å². The second-order valence-electron chi connectivity index (χ2n) is 11.2. The predicted molar refractivity (Wildman–Crippen MR) is 146 cm³/mol. The van der Waals surface area contributed by atoms with Crippen LogP contribution in [0.5, 0.6) is 0 Å². The second kappa shape index (κ2) is 11.9. The van der Waals surface area contributed by atoms with E-state index in [2.05, 4.69) is 18.7 Å². The maximum Gasteiger partial charge on any atom is 0.224 e. The lowest BCUT2D eigenvalue weighted by Gasteiger charge is -2.47. The number of rotatable bonds is 12. The fourth-order valence-corrected chi connectivity index (χ4v) is 7.35. The highest BCUT2D eigenvalue weighted by Crippen LogP contribution is 2.55. The fraction of sp³-hybridized carbons (Fsp3) is 0.500. The van der Waals surface area contributed by atoms with E-state index >= 15 is 0 Å². The molecule has 3 atom stereocenters. The van der Waals surface area contributed by atoms with E-state index in [1.165, 1.54) is 12.8 Å². The zero-order chi connectivity index (χ0) is 25.5. The van der Waals surface area contributed by atoms with Crippen LogP contribution in [0.2, 0.25) is 0 Å². The Balaban J connectivity index is 1.73. The Morgan fingerprint density at radius 2 is 1.36 bits per heavy atom. The minimum Gasteiger partial charge on any atom is -0.369 e. The van der Waals surface area contributed by atoms with Gasteiger partial charge in [-0.3, -0.25) is 9.59 Å². The summed E-state index contributed by atoms with van der Waals surface area (Å²) in [6.07, 6.45) is 10.5. The van der Waals surface area contributed by atoms with Gasteiger partial charge in [-0.05, 0) is 73.8 Å².